The fraction of sp³-hybridized carbons (Fsp3) is 0. The summed E-state index contributed by atoms with van der Waals surface area (Å²) in [6, 6.07) is 6.06. The highest BCUT2D eigenvalue weighted by Gasteiger charge is 2.25. The van der Waals surface area contributed by atoms with Crippen LogP contribution >= 0.6 is 11.8 Å². The maximum Gasteiger partial charge on any atom is 0.290 e. The Balaban J connectivity index is 2.35. The minimum absolute atomic E-state index is 0.213. The summed E-state index contributed by atoms with van der Waals surface area (Å²) in [6.07, 6.45) is 1.36. The molecule has 1 N–H and O–H groups in total. The van der Waals surface area contributed by atoms with Gasteiger partial charge in [-0.2, -0.15) is 0 Å². The monoisotopic (exact) mass is 223 g/mol. The SMILES string of the molecule is O=C1NC(=O)/C(=C/c2ccccc2F)S1. The molecule has 0 spiro atoms. The van der Waals surface area contributed by atoms with Crippen LogP contribution < -0.4 is 5.32 Å². The first-order chi connectivity index (χ1) is 7.16. The molecule has 5 heteroatoms. The van der Waals surface area contributed by atoms with Crippen LogP contribution in [0, 0.1) is 5.82 Å². The second-order valence-corrected chi connectivity index (χ2v) is 3.89. The first-order valence-electron chi connectivity index (χ1n) is 4.16. The van der Waals surface area contributed by atoms with E-state index >= 15 is 0 Å². The summed E-state index contributed by atoms with van der Waals surface area (Å²) in [5.74, 6) is -0.897. The number of halogens is 1. The summed E-state index contributed by atoms with van der Waals surface area (Å²) >= 11 is 0.772. The van der Waals surface area contributed by atoms with Crippen LogP contribution in [-0.4, -0.2) is 11.1 Å². The summed E-state index contributed by atoms with van der Waals surface area (Å²) in [6.45, 7) is 0. The number of nitrogens with one attached hydrogen (secondary N) is 1. The van der Waals surface area contributed by atoms with Gasteiger partial charge in [0.1, 0.15) is 5.82 Å². The largest absolute Gasteiger partial charge is 0.290 e. The van der Waals surface area contributed by atoms with Crippen molar-refractivity contribution < 1.29 is 14.0 Å². The van der Waals surface area contributed by atoms with Crippen LogP contribution in [0.5, 0.6) is 0 Å². The molecular weight excluding hydrogens is 217 g/mol. The number of imide groups is 1. The Kier molecular flexibility index (Phi) is 2.55. The third-order valence-electron chi connectivity index (χ3n) is 1.83. The zero-order chi connectivity index (χ0) is 10.8. The average Bonchev–Trinajstić information content (AvgIpc) is 2.49. The molecule has 2 rings (SSSR count). The third kappa shape index (κ3) is 2.07. The molecule has 1 aromatic rings. The van der Waals surface area contributed by atoms with Crippen molar-refractivity contribution in [1.29, 1.82) is 0 Å². The van der Waals surface area contributed by atoms with Gasteiger partial charge in [0.05, 0.1) is 4.91 Å². The maximum atomic E-state index is 13.2. The van der Waals surface area contributed by atoms with E-state index in [2.05, 4.69) is 5.32 Å². The minimum Gasteiger partial charge on any atom is -0.282 e. The summed E-state index contributed by atoms with van der Waals surface area (Å²) in [4.78, 5) is 22.2. The van der Waals surface area contributed by atoms with Crippen molar-refractivity contribution in [3.8, 4) is 0 Å². The van der Waals surface area contributed by atoms with Crippen molar-refractivity contribution in [3.05, 3.63) is 40.6 Å². The number of carbonyl (C=O) groups is 2. The van der Waals surface area contributed by atoms with Gasteiger partial charge in [0.15, 0.2) is 0 Å². The molecule has 3 nitrogen and oxygen atoms in total. The van der Waals surface area contributed by atoms with Gasteiger partial charge in [0.2, 0.25) is 0 Å². The van der Waals surface area contributed by atoms with Gasteiger partial charge in [0.25, 0.3) is 11.1 Å². The Morgan fingerprint density at radius 1 is 1.27 bits per heavy atom. The van der Waals surface area contributed by atoms with E-state index in [1.54, 1.807) is 18.2 Å². The molecule has 1 fully saturated rings. The molecule has 0 saturated carbocycles. The zero-order valence-electron chi connectivity index (χ0n) is 7.49. The smallest absolute Gasteiger partial charge is 0.282 e. The number of hydrogen-bond donors (Lipinski definition) is 1. The highest BCUT2D eigenvalue weighted by Crippen LogP contribution is 2.26. The van der Waals surface area contributed by atoms with Crippen LogP contribution in [0.4, 0.5) is 9.18 Å². The number of thioether (sulfide) groups is 1. The molecule has 1 aliphatic rings. The van der Waals surface area contributed by atoms with Crippen molar-refractivity contribution in [1.82, 2.24) is 5.32 Å². The number of carbonyl (C=O) groups excluding carboxylic acids is 2. The van der Waals surface area contributed by atoms with Gasteiger partial charge in [-0.1, -0.05) is 18.2 Å². The van der Waals surface area contributed by atoms with Crippen molar-refractivity contribution in [2.24, 2.45) is 0 Å². The molecule has 1 aromatic carbocycles. The number of hydrogen-bond acceptors (Lipinski definition) is 3. The quantitative estimate of drug-likeness (QED) is 0.742. The zero-order valence-corrected chi connectivity index (χ0v) is 8.31. The van der Waals surface area contributed by atoms with Crippen LogP contribution in [-0.2, 0) is 4.79 Å². The molecule has 1 saturated heterocycles. The Labute approximate surface area is 89.4 Å². The lowest BCUT2D eigenvalue weighted by molar-refractivity contribution is -0.115. The molecule has 76 valence electrons. The number of amides is 2. The fourth-order valence-electron chi connectivity index (χ4n) is 1.15. The predicted octanol–water partition coefficient (Wildman–Crippen LogP) is 2.15. The third-order valence-corrected chi connectivity index (χ3v) is 2.64. The van der Waals surface area contributed by atoms with Crippen LogP contribution in [0.2, 0.25) is 0 Å². The predicted molar refractivity (Wildman–Crippen MR) is 55.5 cm³/mol. The Hall–Kier alpha value is -1.62. The second-order valence-electron chi connectivity index (χ2n) is 2.87. The Morgan fingerprint density at radius 2 is 2.00 bits per heavy atom. The highest BCUT2D eigenvalue weighted by atomic mass is 32.2. The summed E-state index contributed by atoms with van der Waals surface area (Å²) in [5, 5.41) is 1.67. The molecule has 0 radical (unpaired) electrons. The van der Waals surface area contributed by atoms with Crippen molar-refractivity contribution in [2.45, 2.75) is 0 Å². The molecule has 0 aliphatic carbocycles. The van der Waals surface area contributed by atoms with Gasteiger partial charge in [-0.3, -0.25) is 14.9 Å². The number of rotatable bonds is 1. The van der Waals surface area contributed by atoms with Crippen LogP contribution in [0.15, 0.2) is 29.2 Å². The molecule has 0 aromatic heterocycles. The molecule has 1 aliphatic heterocycles. The van der Waals surface area contributed by atoms with E-state index in [4.69, 9.17) is 0 Å². The van der Waals surface area contributed by atoms with E-state index in [1.807, 2.05) is 0 Å². The average molecular weight is 223 g/mol. The maximum absolute atomic E-state index is 13.2. The van der Waals surface area contributed by atoms with Gasteiger partial charge in [-0.15, -0.1) is 0 Å². The van der Waals surface area contributed by atoms with Gasteiger partial charge >= 0.3 is 0 Å². The highest BCUT2D eigenvalue weighted by molar-refractivity contribution is 8.18. The Morgan fingerprint density at radius 3 is 2.60 bits per heavy atom. The summed E-state index contributed by atoms with van der Waals surface area (Å²) in [5.41, 5.74) is 0.296. The van der Waals surface area contributed by atoms with E-state index in [1.165, 1.54) is 12.1 Å². The summed E-state index contributed by atoms with van der Waals surface area (Å²) in [7, 11) is 0. The van der Waals surface area contributed by atoms with Crippen LogP contribution in [0.3, 0.4) is 0 Å². The van der Waals surface area contributed by atoms with E-state index < -0.39 is 17.0 Å². The van der Waals surface area contributed by atoms with E-state index in [0.29, 0.717) is 5.56 Å². The first-order valence-corrected chi connectivity index (χ1v) is 4.98. The lowest BCUT2D eigenvalue weighted by Gasteiger charge is -1.95. The van der Waals surface area contributed by atoms with Crippen molar-refractivity contribution in [2.75, 3.05) is 0 Å². The molecule has 0 unspecified atom stereocenters. The number of benzene rings is 1. The molecule has 15 heavy (non-hydrogen) atoms. The molecule has 1 heterocycles. The van der Waals surface area contributed by atoms with Gasteiger partial charge in [0, 0.05) is 5.56 Å². The van der Waals surface area contributed by atoms with Gasteiger partial charge in [-0.25, -0.2) is 4.39 Å². The lowest BCUT2D eigenvalue weighted by Crippen LogP contribution is -2.17. The molecule has 0 atom stereocenters. The van der Waals surface area contributed by atoms with Gasteiger partial charge in [-0.05, 0) is 23.9 Å². The van der Waals surface area contributed by atoms with E-state index in [9.17, 15) is 14.0 Å². The standard InChI is InChI=1S/C10H6FNO2S/c11-7-4-2-1-3-6(7)5-8-9(13)12-10(14)15-8/h1-5H,(H,12,13,14)/b8-5-. The van der Waals surface area contributed by atoms with Crippen molar-refractivity contribution >= 4 is 29.0 Å². The fourth-order valence-corrected chi connectivity index (χ4v) is 1.83. The van der Waals surface area contributed by atoms with Crippen LogP contribution in [0.25, 0.3) is 6.08 Å². The molecule has 2 amide bonds. The van der Waals surface area contributed by atoms with E-state index in [-0.39, 0.29) is 4.91 Å². The van der Waals surface area contributed by atoms with Gasteiger partial charge < -0.3 is 0 Å². The molecule has 0 bridgehead atoms. The minimum atomic E-state index is -0.478. The molecular formula is C10H6FNO2S. The van der Waals surface area contributed by atoms with Crippen LogP contribution in [0.1, 0.15) is 5.56 Å². The van der Waals surface area contributed by atoms with E-state index in [0.717, 1.165) is 11.8 Å². The Bertz CT molecular complexity index is 470. The second kappa shape index (κ2) is 3.86. The summed E-state index contributed by atoms with van der Waals surface area (Å²) < 4.78 is 13.2. The lowest BCUT2D eigenvalue weighted by atomic mass is 10.2. The normalized spacial score (nSPS) is 18.3. The van der Waals surface area contributed by atoms with Crippen molar-refractivity contribution in [3.63, 3.8) is 0 Å². The topological polar surface area (TPSA) is 46.2 Å². The first kappa shape index (κ1) is 9.92.